The smallest absolute Gasteiger partial charge is 0.242 e. The maximum Gasteiger partial charge on any atom is 0.242 e. The van der Waals surface area contributed by atoms with Gasteiger partial charge in [0.1, 0.15) is 6.04 Å². The van der Waals surface area contributed by atoms with E-state index in [2.05, 4.69) is 5.32 Å². The molecule has 2 aromatic carbocycles. The Morgan fingerprint density at radius 3 is 2.26 bits per heavy atom. The molecule has 0 radical (unpaired) electrons. The van der Waals surface area contributed by atoms with Crippen LogP contribution in [0, 0.1) is 13.8 Å². The minimum absolute atomic E-state index is 0.0662. The van der Waals surface area contributed by atoms with E-state index in [0.717, 1.165) is 22.9 Å². The number of carbonyl (C=O) groups is 2. The highest BCUT2D eigenvalue weighted by Crippen LogP contribution is 2.23. The number of nitrogens with zero attached hydrogens (tertiary/aromatic N) is 2. The van der Waals surface area contributed by atoms with Crippen molar-refractivity contribution in [1.29, 1.82) is 0 Å². The number of carbonyl (C=O) groups excluding carboxylic acids is 2. The Hall–Kier alpha value is -2.58. The van der Waals surface area contributed by atoms with Crippen LogP contribution in [0.4, 0.5) is 5.69 Å². The molecule has 9 heteroatoms. The number of rotatable bonds is 11. The number of amides is 2. The molecule has 2 aromatic rings. The van der Waals surface area contributed by atoms with Crippen molar-refractivity contribution in [3.63, 3.8) is 0 Å². The average Bonchev–Trinajstić information content (AvgIpc) is 2.76. The summed E-state index contributed by atoms with van der Waals surface area (Å²) in [4.78, 5) is 27.5. The zero-order chi connectivity index (χ0) is 26.3. The Balaban J connectivity index is 2.20. The molecule has 0 fully saturated rings. The first-order valence-electron chi connectivity index (χ1n) is 11.7. The van der Waals surface area contributed by atoms with Crippen molar-refractivity contribution in [2.45, 2.75) is 66.1 Å². The summed E-state index contributed by atoms with van der Waals surface area (Å²) in [5, 5.41) is 3.36. The van der Waals surface area contributed by atoms with Crippen LogP contribution in [0.2, 0.25) is 5.02 Å². The Morgan fingerprint density at radius 2 is 1.69 bits per heavy atom. The van der Waals surface area contributed by atoms with Gasteiger partial charge in [-0.2, -0.15) is 0 Å². The molecule has 0 bridgehead atoms. The summed E-state index contributed by atoms with van der Waals surface area (Å²) in [5.74, 6) is -0.502. The second-order valence-electron chi connectivity index (χ2n) is 9.16. The van der Waals surface area contributed by atoms with Crippen LogP contribution in [-0.2, 0) is 26.2 Å². The van der Waals surface area contributed by atoms with E-state index in [9.17, 15) is 18.0 Å². The van der Waals surface area contributed by atoms with Gasteiger partial charge in [0.25, 0.3) is 0 Å². The summed E-state index contributed by atoms with van der Waals surface area (Å²) in [7, 11) is -3.54. The normalized spacial score (nSPS) is 12.3. The van der Waals surface area contributed by atoms with E-state index in [1.165, 1.54) is 9.21 Å². The van der Waals surface area contributed by atoms with Crippen LogP contribution in [0.5, 0.6) is 0 Å². The van der Waals surface area contributed by atoms with E-state index in [4.69, 9.17) is 11.6 Å². The van der Waals surface area contributed by atoms with Gasteiger partial charge < -0.3 is 10.2 Å². The maximum atomic E-state index is 13.3. The lowest BCUT2D eigenvalue weighted by atomic mass is 10.1. The summed E-state index contributed by atoms with van der Waals surface area (Å²) in [6.45, 7) is 9.63. The number of benzene rings is 2. The van der Waals surface area contributed by atoms with E-state index in [0.29, 0.717) is 17.1 Å². The van der Waals surface area contributed by atoms with Crippen molar-refractivity contribution in [3.8, 4) is 0 Å². The zero-order valence-corrected chi connectivity index (χ0v) is 22.9. The highest BCUT2D eigenvalue weighted by Gasteiger charge is 2.27. The lowest BCUT2D eigenvalue weighted by Gasteiger charge is -2.30. The predicted octanol–water partition coefficient (Wildman–Crippen LogP) is 4.44. The van der Waals surface area contributed by atoms with Crippen LogP contribution < -0.4 is 9.62 Å². The first kappa shape index (κ1) is 28.7. The largest absolute Gasteiger partial charge is 0.352 e. The van der Waals surface area contributed by atoms with Gasteiger partial charge in [0.15, 0.2) is 0 Å². The number of aryl methyl sites for hydroxylation is 2. The highest BCUT2D eigenvalue weighted by molar-refractivity contribution is 7.92. The molecule has 0 aliphatic carbocycles. The number of hydrogen-bond acceptors (Lipinski definition) is 4. The van der Waals surface area contributed by atoms with Crippen molar-refractivity contribution in [2.24, 2.45) is 0 Å². The molecule has 7 nitrogen and oxygen atoms in total. The van der Waals surface area contributed by atoms with Gasteiger partial charge in [-0.1, -0.05) is 35.9 Å². The summed E-state index contributed by atoms with van der Waals surface area (Å²) in [6.07, 6.45) is 1.54. The molecule has 0 heterocycles. The molecule has 35 heavy (non-hydrogen) atoms. The Morgan fingerprint density at radius 1 is 1.03 bits per heavy atom. The summed E-state index contributed by atoms with van der Waals surface area (Å²) in [5.41, 5.74) is 3.37. The van der Waals surface area contributed by atoms with Crippen molar-refractivity contribution < 1.29 is 18.0 Å². The number of halogens is 1. The Bertz CT molecular complexity index is 1150. The van der Waals surface area contributed by atoms with Gasteiger partial charge in [0.05, 0.1) is 11.9 Å². The summed E-state index contributed by atoms with van der Waals surface area (Å²) in [6, 6.07) is 11.9. The molecule has 2 rings (SSSR count). The number of anilines is 1. The monoisotopic (exact) mass is 521 g/mol. The van der Waals surface area contributed by atoms with E-state index in [-0.39, 0.29) is 37.4 Å². The van der Waals surface area contributed by atoms with Gasteiger partial charge in [0, 0.05) is 30.6 Å². The van der Waals surface area contributed by atoms with E-state index < -0.39 is 16.1 Å². The Kier molecular flexibility index (Phi) is 10.2. The molecular weight excluding hydrogens is 486 g/mol. The van der Waals surface area contributed by atoms with Crippen molar-refractivity contribution >= 4 is 39.1 Å². The van der Waals surface area contributed by atoms with Crippen molar-refractivity contribution in [3.05, 3.63) is 64.2 Å². The van der Waals surface area contributed by atoms with E-state index in [1.807, 2.05) is 52.0 Å². The molecule has 1 N–H and O–H groups in total. The van der Waals surface area contributed by atoms with Gasteiger partial charge in [-0.15, -0.1) is 0 Å². The topological polar surface area (TPSA) is 86.8 Å². The van der Waals surface area contributed by atoms with Crippen molar-refractivity contribution in [2.75, 3.05) is 17.1 Å². The Labute approximate surface area is 214 Å². The average molecular weight is 522 g/mol. The van der Waals surface area contributed by atoms with Crippen LogP contribution in [0.3, 0.4) is 0 Å². The fraction of sp³-hybridized carbons (Fsp3) is 0.462. The van der Waals surface area contributed by atoms with Crippen LogP contribution in [0.15, 0.2) is 42.5 Å². The van der Waals surface area contributed by atoms with Crippen LogP contribution in [-0.4, -0.2) is 50.0 Å². The lowest BCUT2D eigenvalue weighted by molar-refractivity contribution is -0.140. The predicted molar refractivity (Wildman–Crippen MR) is 142 cm³/mol. The SMILES string of the molecule is Cc1ccc(N(CCCC(=O)N(Cc2ccccc2Cl)C(C)C(=O)NC(C)C)S(C)(=O)=O)cc1C. The van der Waals surface area contributed by atoms with Gasteiger partial charge >= 0.3 is 0 Å². The third-order valence-corrected chi connectivity index (χ3v) is 7.39. The molecule has 192 valence electrons. The molecule has 2 amide bonds. The first-order valence-corrected chi connectivity index (χ1v) is 13.9. The van der Waals surface area contributed by atoms with E-state index in [1.54, 1.807) is 25.1 Å². The highest BCUT2D eigenvalue weighted by atomic mass is 35.5. The number of nitrogens with one attached hydrogen (secondary N) is 1. The number of hydrogen-bond donors (Lipinski definition) is 1. The van der Waals surface area contributed by atoms with Crippen LogP contribution >= 0.6 is 11.6 Å². The second-order valence-corrected chi connectivity index (χ2v) is 11.5. The molecule has 1 unspecified atom stereocenters. The quantitative estimate of drug-likeness (QED) is 0.473. The maximum absolute atomic E-state index is 13.3. The van der Waals surface area contributed by atoms with E-state index >= 15 is 0 Å². The minimum atomic E-state index is -3.54. The van der Waals surface area contributed by atoms with Crippen molar-refractivity contribution in [1.82, 2.24) is 10.2 Å². The molecule has 0 saturated heterocycles. The molecule has 0 aromatic heterocycles. The fourth-order valence-electron chi connectivity index (χ4n) is 3.68. The third kappa shape index (κ3) is 8.25. The zero-order valence-electron chi connectivity index (χ0n) is 21.3. The van der Waals surface area contributed by atoms with Crippen LogP contribution in [0.1, 0.15) is 50.3 Å². The van der Waals surface area contributed by atoms with Crippen LogP contribution in [0.25, 0.3) is 0 Å². The minimum Gasteiger partial charge on any atom is -0.352 e. The first-order chi connectivity index (χ1) is 16.3. The van der Waals surface area contributed by atoms with Gasteiger partial charge in [-0.25, -0.2) is 8.42 Å². The summed E-state index contributed by atoms with van der Waals surface area (Å²) >= 11 is 6.32. The molecule has 0 saturated carbocycles. The van der Waals surface area contributed by atoms with Gasteiger partial charge in [-0.05, 0) is 75.9 Å². The number of sulfonamides is 1. The molecule has 0 aliphatic rings. The molecule has 0 aliphatic heterocycles. The van der Waals surface area contributed by atoms with Gasteiger partial charge in [0.2, 0.25) is 21.8 Å². The third-order valence-electron chi connectivity index (χ3n) is 5.83. The molecule has 0 spiro atoms. The summed E-state index contributed by atoms with van der Waals surface area (Å²) < 4.78 is 26.3. The second kappa shape index (κ2) is 12.4. The molecule has 1 atom stereocenters. The lowest BCUT2D eigenvalue weighted by Crippen LogP contribution is -2.49. The van der Waals surface area contributed by atoms with Gasteiger partial charge in [-0.3, -0.25) is 13.9 Å². The fourth-order valence-corrected chi connectivity index (χ4v) is 4.84. The standard InChI is InChI=1S/C26H36ClN3O4S/c1-18(2)28-26(32)21(5)29(17-22-10-7-8-11-24(22)27)25(31)12-9-15-30(35(6,33)34)23-14-13-19(3)20(4)16-23/h7-8,10-11,13-14,16,18,21H,9,12,15,17H2,1-6H3,(H,28,32). The molecular formula is C26H36ClN3O4S.